The number of amides is 2. The molecular formula is C19H16N4O2. The largest absolute Gasteiger partial charge is 0.324 e. The first kappa shape index (κ1) is 15.1. The van der Waals surface area contributed by atoms with Crippen LogP contribution in [0.4, 0.5) is 5.95 Å². The summed E-state index contributed by atoms with van der Waals surface area (Å²) < 4.78 is 0. The Kier molecular flexibility index (Phi) is 3.39. The molecule has 1 aliphatic rings. The van der Waals surface area contributed by atoms with Gasteiger partial charge in [-0.05, 0) is 25.1 Å². The van der Waals surface area contributed by atoms with Crippen LogP contribution in [0.2, 0.25) is 0 Å². The minimum atomic E-state index is -0.708. The van der Waals surface area contributed by atoms with E-state index in [0.29, 0.717) is 17.2 Å². The molecule has 0 bridgehead atoms. The van der Waals surface area contributed by atoms with E-state index in [0.717, 1.165) is 16.6 Å². The number of carbonyl (C=O) groups excluding carboxylic acids is 2. The molecule has 0 radical (unpaired) electrons. The predicted molar refractivity (Wildman–Crippen MR) is 95.8 cm³/mol. The van der Waals surface area contributed by atoms with Gasteiger partial charge in [-0.3, -0.25) is 19.8 Å². The highest BCUT2D eigenvalue weighted by Gasteiger charge is 2.36. The zero-order valence-electron chi connectivity index (χ0n) is 13.6. The highest BCUT2D eigenvalue weighted by Crippen LogP contribution is 2.33. The standard InChI is InChI=1S/C19H16N4O2/c1-11-13-7-3-4-8-14(13)18(25)23(11)12(2)17(24)22-19-20-15-9-5-6-10-16(15)21-19/h3-10,12H,1H2,2H3,(H2,20,21,22,24). The van der Waals surface area contributed by atoms with Crippen LogP contribution in [0.1, 0.15) is 22.8 Å². The van der Waals surface area contributed by atoms with Crippen molar-refractivity contribution in [1.82, 2.24) is 14.9 Å². The summed E-state index contributed by atoms with van der Waals surface area (Å²) in [7, 11) is 0. The van der Waals surface area contributed by atoms with E-state index in [1.54, 1.807) is 19.1 Å². The minimum absolute atomic E-state index is 0.215. The van der Waals surface area contributed by atoms with Gasteiger partial charge in [-0.15, -0.1) is 0 Å². The van der Waals surface area contributed by atoms with Crippen molar-refractivity contribution in [2.24, 2.45) is 0 Å². The molecule has 1 aromatic heterocycles. The Morgan fingerprint density at radius 2 is 1.84 bits per heavy atom. The number of benzene rings is 2. The smallest absolute Gasteiger partial charge is 0.259 e. The average Bonchev–Trinajstić information content (AvgIpc) is 3.13. The number of rotatable bonds is 3. The molecule has 6 nitrogen and oxygen atoms in total. The van der Waals surface area contributed by atoms with Crippen molar-refractivity contribution >= 4 is 34.5 Å². The molecular weight excluding hydrogens is 316 g/mol. The molecule has 124 valence electrons. The lowest BCUT2D eigenvalue weighted by Gasteiger charge is -2.24. The molecule has 1 unspecified atom stereocenters. The molecule has 0 fully saturated rings. The zero-order chi connectivity index (χ0) is 17.6. The maximum atomic E-state index is 12.6. The van der Waals surface area contributed by atoms with E-state index in [1.165, 1.54) is 4.90 Å². The van der Waals surface area contributed by atoms with Crippen LogP contribution in [0, 0.1) is 0 Å². The van der Waals surface area contributed by atoms with Crippen molar-refractivity contribution in [3.05, 3.63) is 66.2 Å². The van der Waals surface area contributed by atoms with Crippen LogP contribution < -0.4 is 5.32 Å². The van der Waals surface area contributed by atoms with Crippen molar-refractivity contribution in [3.8, 4) is 0 Å². The number of nitrogens with zero attached hydrogens (tertiary/aromatic N) is 2. The summed E-state index contributed by atoms with van der Waals surface area (Å²) >= 11 is 0. The van der Waals surface area contributed by atoms with E-state index in [1.807, 2.05) is 36.4 Å². The average molecular weight is 332 g/mol. The molecule has 3 aromatic rings. The molecule has 6 heteroatoms. The third-order valence-electron chi connectivity index (χ3n) is 4.38. The first-order chi connectivity index (χ1) is 12.1. The number of aromatic nitrogens is 2. The molecule has 0 spiro atoms. The van der Waals surface area contributed by atoms with Gasteiger partial charge < -0.3 is 4.98 Å². The van der Waals surface area contributed by atoms with E-state index in [4.69, 9.17) is 0 Å². The Balaban J connectivity index is 1.56. The van der Waals surface area contributed by atoms with Gasteiger partial charge in [-0.25, -0.2) is 4.98 Å². The van der Waals surface area contributed by atoms with Gasteiger partial charge in [0.25, 0.3) is 5.91 Å². The zero-order valence-corrected chi connectivity index (χ0v) is 13.6. The van der Waals surface area contributed by atoms with E-state index in [-0.39, 0.29) is 11.8 Å². The van der Waals surface area contributed by atoms with Gasteiger partial charge in [0.15, 0.2) is 0 Å². The highest BCUT2D eigenvalue weighted by molar-refractivity contribution is 6.11. The summed E-state index contributed by atoms with van der Waals surface area (Å²) in [6.45, 7) is 5.65. The number of fused-ring (bicyclic) bond motifs is 2. The lowest BCUT2D eigenvalue weighted by atomic mass is 10.1. The number of imidazole rings is 1. The van der Waals surface area contributed by atoms with Crippen LogP contribution >= 0.6 is 0 Å². The summed E-state index contributed by atoms with van der Waals surface area (Å²) in [4.78, 5) is 34.0. The third kappa shape index (κ3) is 2.39. The highest BCUT2D eigenvalue weighted by atomic mass is 16.2. The topological polar surface area (TPSA) is 78.1 Å². The van der Waals surface area contributed by atoms with Crippen molar-refractivity contribution < 1.29 is 9.59 Å². The molecule has 1 atom stereocenters. The fraction of sp³-hybridized carbons (Fsp3) is 0.105. The number of aromatic amines is 1. The number of hydrogen-bond acceptors (Lipinski definition) is 3. The normalized spacial score (nSPS) is 14.7. The predicted octanol–water partition coefficient (Wildman–Crippen LogP) is 3.02. The maximum absolute atomic E-state index is 12.6. The summed E-state index contributed by atoms with van der Waals surface area (Å²) in [6, 6.07) is 14.0. The van der Waals surface area contributed by atoms with Crippen LogP contribution in [-0.4, -0.2) is 32.7 Å². The van der Waals surface area contributed by atoms with Gasteiger partial charge in [-0.1, -0.05) is 36.9 Å². The minimum Gasteiger partial charge on any atom is -0.324 e. The van der Waals surface area contributed by atoms with Gasteiger partial charge in [0, 0.05) is 16.8 Å². The number of nitrogens with one attached hydrogen (secondary N) is 2. The maximum Gasteiger partial charge on any atom is 0.259 e. The Morgan fingerprint density at radius 3 is 2.56 bits per heavy atom. The summed E-state index contributed by atoms with van der Waals surface area (Å²) in [5.41, 5.74) is 3.46. The Bertz CT molecular complexity index is 953. The first-order valence-electron chi connectivity index (χ1n) is 7.94. The number of H-pyrrole nitrogens is 1. The fourth-order valence-electron chi connectivity index (χ4n) is 3.06. The molecule has 0 saturated heterocycles. The summed E-state index contributed by atoms with van der Waals surface area (Å²) in [5.74, 6) is -0.193. The van der Waals surface area contributed by atoms with Gasteiger partial charge in [0.05, 0.1) is 11.0 Å². The number of para-hydroxylation sites is 2. The fourth-order valence-corrected chi connectivity index (χ4v) is 3.06. The molecule has 25 heavy (non-hydrogen) atoms. The Morgan fingerprint density at radius 1 is 1.16 bits per heavy atom. The molecule has 0 aliphatic carbocycles. The molecule has 2 aromatic carbocycles. The quantitative estimate of drug-likeness (QED) is 0.774. The van der Waals surface area contributed by atoms with Crippen molar-refractivity contribution in [1.29, 1.82) is 0 Å². The number of carbonyl (C=O) groups is 2. The lowest BCUT2D eigenvalue weighted by Crippen LogP contribution is -2.41. The SMILES string of the molecule is C=C1c2ccccc2C(=O)N1C(C)C(=O)Nc1nc2ccccc2[nH]1. The molecule has 2 amide bonds. The van der Waals surface area contributed by atoms with E-state index in [2.05, 4.69) is 21.9 Å². The van der Waals surface area contributed by atoms with Crippen LogP contribution in [0.15, 0.2) is 55.1 Å². The molecule has 1 aliphatic heterocycles. The van der Waals surface area contributed by atoms with Gasteiger partial charge in [-0.2, -0.15) is 0 Å². The number of anilines is 1. The van der Waals surface area contributed by atoms with Gasteiger partial charge in [0.2, 0.25) is 11.9 Å². The second-order valence-electron chi connectivity index (χ2n) is 5.94. The van der Waals surface area contributed by atoms with Gasteiger partial charge in [0.1, 0.15) is 6.04 Å². The summed E-state index contributed by atoms with van der Waals surface area (Å²) in [6.07, 6.45) is 0. The van der Waals surface area contributed by atoms with Crippen molar-refractivity contribution in [2.45, 2.75) is 13.0 Å². The van der Waals surface area contributed by atoms with E-state index < -0.39 is 6.04 Å². The Labute approximate surface area is 144 Å². The molecule has 0 saturated carbocycles. The third-order valence-corrected chi connectivity index (χ3v) is 4.38. The van der Waals surface area contributed by atoms with Crippen LogP contribution in [-0.2, 0) is 4.79 Å². The molecule has 2 heterocycles. The van der Waals surface area contributed by atoms with Gasteiger partial charge >= 0.3 is 0 Å². The first-order valence-corrected chi connectivity index (χ1v) is 7.94. The van der Waals surface area contributed by atoms with Crippen LogP contribution in [0.5, 0.6) is 0 Å². The van der Waals surface area contributed by atoms with Crippen molar-refractivity contribution in [2.75, 3.05) is 5.32 Å². The van der Waals surface area contributed by atoms with Crippen molar-refractivity contribution in [3.63, 3.8) is 0 Å². The monoisotopic (exact) mass is 332 g/mol. The Hall–Kier alpha value is -3.41. The lowest BCUT2D eigenvalue weighted by molar-refractivity contribution is -0.119. The van der Waals surface area contributed by atoms with E-state index >= 15 is 0 Å². The van der Waals surface area contributed by atoms with Crippen LogP contribution in [0.3, 0.4) is 0 Å². The molecule has 2 N–H and O–H groups in total. The molecule has 4 rings (SSSR count). The number of hydrogen-bond donors (Lipinski definition) is 2. The second kappa shape index (κ2) is 5.59. The second-order valence-corrected chi connectivity index (χ2v) is 5.94. The van der Waals surface area contributed by atoms with E-state index in [9.17, 15) is 9.59 Å². The van der Waals surface area contributed by atoms with Crippen LogP contribution in [0.25, 0.3) is 16.7 Å². The summed E-state index contributed by atoms with van der Waals surface area (Å²) in [5, 5.41) is 2.74.